The largest absolute Gasteiger partial charge is 0.382 e. The third kappa shape index (κ3) is 5.53. The Hall–Kier alpha value is -2.93. The molecule has 0 radical (unpaired) electrons. The maximum Gasteiger partial charge on any atom is 0.320 e. The molecule has 0 bridgehead atoms. The van der Waals surface area contributed by atoms with Gasteiger partial charge in [-0.3, -0.25) is 10.00 Å². The summed E-state index contributed by atoms with van der Waals surface area (Å²) in [7, 11) is 1.61. The summed E-state index contributed by atoms with van der Waals surface area (Å²) in [4.78, 5) is 16.6. The van der Waals surface area contributed by atoms with Gasteiger partial charge >= 0.3 is 6.03 Å². The Morgan fingerprint density at radius 3 is 2.61 bits per heavy atom. The van der Waals surface area contributed by atoms with Gasteiger partial charge in [0.2, 0.25) is 0 Å². The predicted molar refractivity (Wildman–Crippen MR) is 110 cm³/mol. The number of methoxy groups -OCH3 is 1. The molecule has 2 N–H and O–H groups in total. The van der Waals surface area contributed by atoms with Crippen LogP contribution >= 0.6 is 0 Å². The third-order valence-corrected chi connectivity index (χ3v) is 4.26. The van der Waals surface area contributed by atoms with Gasteiger partial charge in [0.05, 0.1) is 30.6 Å². The van der Waals surface area contributed by atoms with Gasteiger partial charge in [-0.15, -0.1) is 0 Å². The summed E-state index contributed by atoms with van der Waals surface area (Å²) in [6.45, 7) is 3.17. The fourth-order valence-corrected chi connectivity index (χ4v) is 2.68. The molecule has 148 valence electrons. The van der Waals surface area contributed by atoms with E-state index in [9.17, 15) is 4.79 Å². The van der Waals surface area contributed by atoms with Gasteiger partial charge in [-0.2, -0.15) is 5.10 Å². The number of pyridine rings is 1. The summed E-state index contributed by atoms with van der Waals surface area (Å²) in [5.41, 5.74) is 1.92. The number of fused-ring (bicyclic) bond motifs is 1. The number of ether oxygens (including phenoxy) is 1. The van der Waals surface area contributed by atoms with Gasteiger partial charge in [-0.25, -0.2) is 9.78 Å². The highest BCUT2D eigenvalue weighted by Gasteiger charge is 2.15. The molecule has 1 saturated carbocycles. The van der Waals surface area contributed by atoms with Crippen molar-refractivity contribution >= 4 is 22.8 Å². The van der Waals surface area contributed by atoms with Crippen molar-refractivity contribution < 1.29 is 9.53 Å². The molecule has 1 aliphatic rings. The molecule has 2 aromatic heterocycles. The molecule has 7 nitrogen and oxygen atoms in total. The second-order valence-corrected chi connectivity index (χ2v) is 6.67. The van der Waals surface area contributed by atoms with Crippen molar-refractivity contribution in [2.24, 2.45) is 0 Å². The molecule has 1 unspecified atom stereocenters. The zero-order valence-electron chi connectivity index (χ0n) is 16.4. The van der Waals surface area contributed by atoms with E-state index in [1.807, 2.05) is 48.0 Å². The first-order valence-corrected chi connectivity index (χ1v) is 9.64. The van der Waals surface area contributed by atoms with Gasteiger partial charge < -0.3 is 10.1 Å². The average Bonchev–Trinajstić information content (AvgIpc) is 3.55. The van der Waals surface area contributed by atoms with Crippen LogP contribution in [0.15, 0.2) is 48.8 Å². The Morgan fingerprint density at radius 1 is 1.21 bits per heavy atom. The van der Waals surface area contributed by atoms with E-state index in [4.69, 9.17) is 4.74 Å². The van der Waals surface area contributed by atoms with E-state index in [0.717, 1.165) is 23.0 Å². The average molecular weight is 381 g/mol. The molecular formula is C21H27N5O2. The number of hydrogen-bond acceptors (Lipinski definition) is 4. The summed E-state index contributed by atoms with van der Waals surface area (Å²) >= 11 is 0. The molecule has 2 amide bonds. The Balaban J connectivity index is 0.000000684. The summed E-state index contributed by atoms with van der Waals surface area (Å²) in [5, 5.41) is 10.9. The van der Waals surface area contributed by atoms with Crippen LogP contribution in [0.3, 0.4) is 0 Å². The van der Waals surface area contributed by atoms with Crippen LogP contribution in [-0.2, 0) is 11.3 Å². The molecule has 4 rings (SSSR count). The maximum absolute atomic E-state index is 12.3. The topological polar surface area (TPSA) is 81.1 Å². The summed E-state index contributed by atoms with van der Waals surface area (Å²) < 4.78 is 7.07. The number of amides is 2. The summed E-state index contributed by atoms with van der Waals surface area (Å²) in [6.07, 6.45) is 7.98. The lowest BCUT2D eigenvalue weighted by atomic mass is 10.1. The smallest absolute Gasteiger partial charge is 0.320 e. The molecule has 7 heteroatoms. The Bertz CT molecular complexity index is 889. The minimum atomic E-state index is -0.333. The van der Waals surface area contributed by atoms with Crippen LogP contribution < -0.4 is 10.6 Å². The van der Waals surface area contributed by atoms with Crippen LogP contribution in [0.25, 0.3) is 10.9 Å². The SMILES string of the molecule is C1CC1.CCn1ncc2cc(NC(=O)NC(COC)c3ccccc3)ncc21. The molecule has 1 fully saturated rings. The van der Waals surface area contributed by atoms with Crippen molar-refractivity contribution in [2.45, 2.75) is 38.8 Å². The first kappa shape index (κ1) is 19.8. The van der Waals surface area contributed by atoms with Crippen molar-refractivity contribution in [3.8, 4) is 0 Å². The Labute approximate surface area is 165 Å². The number of benzene rings is 1. The zero-order chi connectivity index (χ0) is 19.8. The van der Waals surface area contributed by atoms with E-state index in [0.29, 0.717) is 12.4 Å². The number of carbonyl (C=O) groups excluding carboxylic acids is 1. The van der Waals surface area contributed by atoms with Crippen molar-refractivity contribution in [2.75, 3.05) is 19.0 Å². The van der Waals surface area contributed by atoms with E-state index < -0.39 is 0 Å². The Kier molecular flexibility index (Phi) is 6.97. The molecule has 0 aliphatic heterocycles. The summed E-state index contributed by atoms with van der Waals surface area (Å²) in [5.74, 6) is 0.477. The minimum absolute atomic E-state index is 0.238. The van der Waals surface area contributed by atoms with Gasteiger partial charge in [0.25, 0.3) is 0 Å². The number of aromatic nitrogens is 3. The van der Waals surface area contributed by atoms with Crippen LogP contribution in [0.5, 0.6) is 0 Å². The first-order valence-electron chi connectivity index (χ1n) is 9.64. The summed E-state index contributed by atoms with van der Waals surface area (Å²) in [6, 6.07) is 10.9. The van der Waals surface area contributed by atoms with E-state index in [2.05, 4.69) is 20.7 Å². The van der Waals surface area contributed by atoms with Gasteiger partial charge in [-0.05, 0) is 18.6 Å². The molecule has 1 atom stereocenters. The third-order valence-electron chi connectivity index (χ3n) is 4.26. The van der Waals surface area contributed by atoms with Crippen LogP contribution in [0.2, 0.25) is 0 Å². The van der Waals surface area contributed by atoms with Crippen molar-refractivity contribution in [1.29, 1.82) is 0 Å². The quantitative estimate of drug-likeness (QED) is 0.673. The molecule has 28 heavy (non-hydrogen) atoms. The number of nitrogens with one attached hydrogen (secondary N) is 2. The molecular weight excluding hydrogens is 354 g/mol. The van der Waals surface area contributed by atoms with Crippen molar-refractivity contribution in [3.63, 3.8) is 0 Å². The number of nitrogens with zero attached hydrogens (tertiary/aromatic N) is 3. The highest BCUT2D eigenvalue weighted by Crippen LogP contribution is 2.17. The predicted octanol–water partition coefficient (Wildman–Crippen LogP) is 4.13. The monoisotopic (exact) mass is 381 g/mol. The van der Waals surface area contributed by atoms with E-state index in [1.165, 1.54) is 19.3 Å². The number of rotatable bonds is 6. The second-order valence-electron chi connectivity index (χ2n) is 6.67. The molecule has 0 saturated heterocycles. The first-order chi connectivity index (χ1) is 13.7. The highest BCUT2D eigenvalue weighted by molar-refractivity contribution is 5.91. The van der Waals surface area contributed by atoms with Crippen molar-refractivity contribution in [3.05, 3.63) is 54.4 Å². The number of aryl methyl sites for hydroxylation is 1. The zero-order valence-corrected chi connectivity index (χ0v) is 16.4. The molecule has 1 aromatic carbocycles. The molecule has 3 aromatic rings. The van der Waals surface area contributed by atoms with E-state index >= 15 is 0 Å². The van der Waals surface area contributed by atoms with Crippen LogP contribution in [0.1, 0.15) is 37.8 Å². The van der Waals surface area contributed by atoms with Crippen LogP contribution in [0.4, 0.5) is 10.6 Å². The number of urea groups is 1. The maximum atomic E-state index is 12.3. The van der Waals surface area contributed by atoms with Gasteiger partial charge in [0.1, 0.15) is 5.82 Å². The molecule has 2 heterocycles. The van der Waals surface area contributed by atoms with Crippen LogP contribution in [-0.4, -0.2) is 34.5 Å². The lowest BCUT2D eigenvalue weighted by Gasteiger charge is -2.18. The number of carbonyl (C=O) groups is 1. The van der Waals surface area contributed by atoms with E-state index in [1.54, 1.807) is 19.5 Å². The fourth-order valence-electron chi connectivity index (χ4n) is 2.68. The Morgan fingerprint density at radius 2 is 1.96 bits per heavy atom. The molecule has 0 spiro atoms. The standard InChI is InChI=1S/C18H21N5O2.C3H6/c1-3-23-16-11-19-17(9-14(16)10-20-23)22-18(24)21-15(12-25-2)13-7-5-4-6-8-13;1-2-3-1/h4-11,15H,3,12H2,1-2H3,(H2,19,21,22,24);1-3H2. The number of hydrogen-bond donors (Lipinski definition) is 2. The fraction of sp³-hybridized carbons (Fsp3) is 0.381. The second kappa shape index (κ2) is 9.85. The lowest BCUT2D eigenvalue weighted by molar-refractivity contribution is 0.168. The number of anilines is 1. The van der Waals surface area contributed by atoms with Crippen LogP contribution in [0, 0.1) is 0 Å². The van der Waals surface area contributed by atoms with Gasteiger partial charge in [0, 0.05) is 19.0 Å². The lowest BCUT2D eigenvalue weighted by Crippen LogP contribution is -2.35. The van der Waals surface area contributed by atoms with Gasteiger partial charge in [-0.1, -0.05) is 49.6 Å². The van der Waals surface area contributed by atoms with Crippen molar-refractivity contribution in [1.82, 2.24) is 20.1 Å². The normalized spacial score (nSPS) is 13.4. The van der Waals surface area contributed by atoms with Gasteiger partial charge in [0.15, 0.2) is 0 Å². The van der Waals surface area contributed by atoms with E-state index in [-0.39, 0.29) is 12.1 Å². The molecule has 1 aliphatic carbocycles. The highest BCUT2D eigenvalue weighted by atomic mass is 16.5. The minimum Gasteiger partial charge on any atom is -0.382 e.